The van der Waals surface area contributed by atoms with E-state index in [9.17, 15) is 10.1 Å². The number of anilines is 1. The topological polar surface area (TPSA) is 90.2 Å². The number of nitro groups is 1. The molecule has 4 rings (SSSR count). The largest absolute Gasteiger partial charge is 0.467 e. The van der Waals surface area contributed by atoms with Crippen molar-refractivity contribution in [1.29, 1.82) is 0 Å². The molecule has 1 aliphatic rings. The first-order valence-corrected chi connectivity index (χ1v) is 10.3. The van der Waals surface area contributed by atoms with E-state index in [0.29, 0.717) is 12.3 Å². The van der Waals surface area contributed by atoms with Gasteiger partial charge in [0.2, 0.25) is 5.95 Å². The molecule has 0 atom stereocenters. The molecule has 1 saturated heterocycles. The first-order chi connectivity index (χ1) is 13.7. The lowest BCUT2D eigenvalue weighted by Crippen LogP contribution is -2.32. The van der Waals surface area contributed by atoms with E-state index < -0.39 is 0 Å². The summed E-state index contributed by atoms with van der Waals surface area (Å²) in [6.45, 7) is 2.51. The zero-order valence-corrected chi connectivity index (χ0v) is 16.2. The zero-order valence-electron chi connectivity index (χ0n) is 15.4. The van der Waals surface area contributed by atoms with Gasteiger partial charge in [0.25, 0.3) is 5.69 Å². The second-order valence-corrected chi connectivity index (χ2v) is 7.65. The van der Waals surface area contributed by atoms with Gasteiger partial charge in [-0.2, -0.15) is 0 Å². The average Bonchev–Trinajstić information content (AvgIpc) is 3.38. The fraction of sp³-hybridized carbons (Fsp3) is 0.368. The van der Waals surface area contributed by atoms with Crippen molar-refractivity contribution < 1.29 is 9.34 Å². The van der Waals surface area contributed by atoms with Crippen LogP contribution in [-0.4, -0.2) is 32.8 Å². The molecule has 1 aliphatic heterocycles. The van der Waals surface area contributed by atoms with Gasteiger partial charge in [-0.3, -0.25) is 14.7 Å². The molecular formula is C19H21N5O3S. The lowest BCUT2D eigenvalue weighted by Gasteiger charge is -2.27. The number of thioether (sulfide) groups is 1. The van der Waals surface area contributed by atoms with Crippen molar-refractivity contribution in [2.75, 3.05) is 18.0 Å². The summed E-state index contributed by atoms with van der Waals surface area (Å²) in [4.78, 5) is 12.9. The molecule has 0 radical (unpaired) electrons. The molecule has 2 aromatic heterocycles. The summed E-state index contributed by atoms with van der Waals surface area (Å²) in [5, 5.41) is 20.6. The van der Waals surface area contributed by atoms with Crippen LogP contribution in [0.1, 0.15) is 30.6 Å². The van der Waals surface area contributed by atoms with Crippen molar-refractivity contribution in [3.8, 4) is 0 Å². The Morgan fingerprint density at radius 1 is 1.14 bits per heavy atom. The van der Waals surface area contributed by atoms with Crippen molar-refractivity contribution in [1.82, 2.24) is 14.8 Å². The molecule has 0 spiro atoms. The van der Waals surface area contributed by atoms with Gasteiger partial charge < -0.3 is 9.32 Å². The highest BCUT2D eigenvalue weighted by Gasteiger charge is 2.21. The van der Waals surface area contributed by atoms with Gasteiger partial charge in [0.15, 0.2) is 5.16 Å². The van der Waals surface area contributed by atoms with Crippen LogP contribution in [0.25, 0.3) is 0 Å². The first-order valence-electron chi connectivity index (χ1n) is 9.27. The minimum absolute atomic E-state index is 0.101. The van der Waals surface area contributed by atoms with Crippen molar-refractivity contribution >= 4 is 23.4 Å². The van der Waals surface area contributed by atoms with Gasteiger partial charge in [-0.15, -0.1) is 10.2 Å². The molecule has 9 heteroatoms. The third-order valence-electron chi connectivity index (χ3n) is 4.72. The molecule has 3 aromatic rings. The summed E-state index contributed by atoms with van der Waals surface area (Å²) in [6, 6.07) is 10.5. The van der Waals surface area contributed by atoms with Crippen LogP contribution in [0.3, 0.4) is 0 Å². The average molecular weight is 399 g/mol. The predicted molar refractivity (Wildman–Crippen MR) is 107 cm³/mol. The molecule has 28 heavy (non-hydrogen) atoms. The van der Waals surface area contributed by atoms with Crippen molar-refractivity contribution in [3.63, 3.8) is 0 Å². The van der Waals surface area contributed by atoms with Gasteiger partial charge >= 0.3 is 0 Å². The number of nitrogens with zero attached hydrogens (tertiary/aromatic N) is 5. The van der Waals surface area contributed by atoms with Crippen LogP contribution in [0.5, 0.6) is 0 Å². The van der Waals surface area contributed by atoms with E-state index in [0.717, 1.165) is 48.4 Å². The van der Waals surface area contributed by atoms with E-state index >= 15 is 0 Å². The van der Waals surface area contributed by atoms with Crippen LogP contribution in [0, 0.1) is 10.1 Å². The summed E-state index contributed by atoms with van der Waals surface area (Å²) in [5.41, 5.74) is 0.982. The lowest BCUT2D eigenvalue weighted by molar-refractivity contribution is -0.384. The van der Waals surface area contributed by atoms with Crippen molar-refractivity contribution in [2.24, 2.45) is 0 Å². The Kier molecular flexibility index (Phi) is 5.61. The van der Waals surface area contributed by atoms with Gasteiger partial charge in [-0.1, -0.05) is 23.9 Å². The Labute approximate surface area is 166 Å². The van der Waals surface area contributed by atoms with E-state index in [-0.39, 0.29) is 10.6 Å². The maximum atomic E-state index is 11.0. The van der Waals surface area contributed by atoms with Gasteiger partial charge in [0, 0.05) is 31.0 Å². The SMILES string of the molecule is O=[N+]([O-])c1cccc(CSc2nnc(N3CCCCC3)n2Cc2ccco2)c1. The number of furan rings is 1. The highest BCUT2D eigenvalue weighted by molar-refractivity contribution is 7.98. The van der Waals surface area contributed by atoms with Gasteiger partial charge in [0.1, 0.15) is 5.76 Å². The molecule has 3 heterocycles. The first kappa shape index (κ1) is 18.5. The normalized spacial score (nSPS) is 14.4. The predicted octanol–water partition coefficient (Wildman–Crippen LogP) is 4.11. The van der Waals surface area contributed by atoms with E-state index in [1.165, 1.54) is 24.2 Å². The monoisotopic (exact) mass is 399 g/mol. The molecule has 0 aliphatic carbocycles. The number of aromatic nitrogens is 3. The van der Waals surface area contributed by atoms with Crippen molar-refractivity contribution in [2.45, 2.75) is 36.7 Å². The highest BCUT2D eigenvalue weighted by atomic mass is 32.2. The molecule has 0 amide bonds. The number of nitro benzene ring substituents is 1. The molecule has 0 saturated carbocycles. The number of rotatable bonds is 7. The summed E-state index contributed by atoms with van der Waals surface area (Å²) >= 11 is 1.53. The summed E-state index contributed by atoms with van der Waals surface area (Å²) in [5.74, 6) is 2.28. The maximum absolute atomic E-state index is 11.0. The van der Waals surface area contributed by atoms with Gasteiger partial charge in [-0.05, 0) is 37.0 Å². The van der Waals surface area contributed by atoms with E-state index in [1.54, 1.807) is 18.4 Å². The zero-order chi connectivity index (χ0) is 19.3. The Morgan fingerprint density at radius 3 is 2.75 bits per heavy atom. The minimum atomic E-state index is -0.373. The number of hydrogen-bond acceptors (Lipinski definition) is 7. The summed E-state index contributed by atoms with van der Waals surface area (Å²) in [6.07, 6.45) is 5.22. The molecule has 0 unspecified atom stereocenters. The van der Waals surface area contributed by atoms with Crippen LogP contribution in [0.4, 0.5) is 11.6 Å². The van der Waals surface area contributed by atoms with Crippen LogP contribution in [0.2, 0.25) is 0 Å². The highest BCUT2D eigenvalue weighted by Crippen LogP contribution is 2.28. The van der Waals surface area contributed by atoms with Gasteiger partial charge in [-0.25, -0.2) is 0 Å². The minimum Gasteiger partial charge on any atom is -0.467 e. The quantitative estimate of drug-likeness (QED) is 0.335. The molecule has 0 bridgehead atoms. The third kappa shape index (κ3) is 4.19. The number of hydrogen-bond donors (Lipinski definition) is 0. The Morgan fingerprint density at radius 2 is 2.00 bits per heavy atom. The lowest BCUT2D eigenvalue weighted by atomic mass is 10.1. The van der Waals surface area contributed by atoms with Crippen LogP contribution in [0.15, 0.2) is 52.2 Å². The molecule has 1 aromatic carbocycles. The summed E-state index contributed by atoms with van der Waals surface area (Å²) < 4.78 is 7.61. The third-order valence-corrected chi connectivity index (χ3v) is 5.76. The van der Waals surface area contributed by atoms with Crippen LogP contribution >= 0.6 is 11.8 Å². The molecule has 8 nitrogen and oxygen atoms in total. The summed E-state index contributed by atoms with van der Waals surface area (Å²) in [7, 11) is 0. The number of benzene rings is 1. The van der Waals surface area contributed by atoms with E-state index in [2.05, 4.69) is 19.7 Å². The number of piperidine rings is 1. The Hall–Kier alpha value is -2.81. The Balaban J connectivity index is 1.56. The molecule has 1 fully saturated rings. The van der Waals surface area contributed by atoms with E-state index in [4.69, 9.17) is 4.42 Å². The maximum Gasteiger partial charge on any atom is 0.269 e. The molecular weight excluding hydrogens is 378 g/mol. The molecule has 146 valence electrons. The van der Waals surface area contributed by atoms with Crippen LogP contribution in [-0.2, 0) is 12.3 Å². The van der Waals surface area contributed by atoms with Crippen LogP contribution < -0.4 is 4.90 Å². The number of non-ortho nitro benzene ring substituents is 1. The van der Waals surface area contributed by atoms with Gasteiger partial charge in [0.05, 0.1) is 17.7 Å². The van der Waals surface area contributed by atoms with E-state index in [1.807, 2.05) is 18.2 Å². The fourth-order valence-corrected chi connectivity index (χ4v) is 4.20. The molecule has 0 N–H and O–H groups in total. The van der Waals surface area contributed by atoms with Crippen molar-refractivity contribution in [3.05, 3.63) is 64.1 Å². The standard InChI is InChI=1S/C19H21N5O3S/c25-24(26)16-7-4-6-15(12-16)14-28-19-21-20-18(22-9-2-1-3-10-22)23(19)13-17-8-5-11-27-17/h4-8,11-12H,1-3,9-10,13-14H2. The smallest absolute Gasteiger partial charge is 0.269 e. The fourth-order valence-electron chi connectivity index (χ4n) is 3.32. The second kappa shape index (κ2) is 8.47. The Bertz CT molecular complexity index is 935. The second-order valence-electron chi connectivity index (χ2n) is 6.71.